The van der Waals surface area contributed by atoms with Crippen molar-refractivity contribution < 1.29 is 13.9 Å². The van der Waals surface area contributed by atoms with Crippen molar-refractivity contribution in [1.82, 2.24) is 4.98 Å². The minimum atomic E-state index is -0.500. The van der Waals surface area contributed by atoms with Crippen LogP contribution in [0.4, 0.5) is 15.8 Å². The van der Waals surface area contributed by atoms with Gasteiger partial charge in [0, 0.05) is 11.8 Å². The highest BCUT2D eigenvalue weighted by molar-refractivity contribution is 5.96. The predicted octanol–water partition coefficient (Wildman–Crippen LogP) is 2.98. The fourth-order valence-electron chi connectivity index (χ4n) is 1.82. The van der Waals surface area contributed by atoms with Crippen LogP contribution in [0.1, 0.15) is 12.5 Å². The predicted molar refractivity (Wildman–Crippen MR) is 83.6 cm³/mol. The van der Waals surface area contributed by atoms with Crippen LogP contribution in [-0.2, 0) is 4.79 Å². The van der Waals surface area contributed by atoms with E-state index in [-0.39, 0.29) is 11.7 Å². The van der Waals surface area contributed by atoms with Gasteiger partial charge in [-0.1, -0.05) is 6.07 Å². The second-order valence-corrected chi connectivity index (χ2v) is 4.91. The molecule has 0 saturated heterocycles. The van der Waals surface area contributed by atoms with Crippen molar-refractivity contribution in [2.45, 2.75) is 19.9 Å². The molecule has 0 saturated carbocycles. The summed E-state index contributed by atoms with van der Waals surface area (Å²) in [7, 11) is 1.53. The van der Waals surface area contributed by atoms with Gasteiger partial charge in [-0.25, -0.2) is 9.37 Å². The van der Waals surface area contributed by atoms with Crippen LogP contribution in [-0.4, -0.2) is 24.0 Å². The number of carbonyl (C=O) groups excluding carboxylic acids is 1. The van der Waals surface area contributed by atoms with Crippen molar-refractivity contribution in [2.75, 3.05) is 17.7 Å². The Morgan fingerprint density at radius 2 is 2.00 bits per heavy atom. The molecule has 2 N–H and O–H groups in total. The number of amides is 1. The number of rotatable bonds is 5. The zero-order chi connectivity index (χ0) is 16.1. The van der Waals surface area contributed by atoms with E-state index in [0.29, 0.717) is 22.8 Å². The number of aromatic nitrogens is 1. The normalized spacial score (nSPS) is 11.6. The molecule has 6 heteroatoms. The van der Waals surface area contributed by atoms with Crippen molar-refractivity contribution >= 4 is 17.3 Å². The van der Waals surface area contributed by atoms with Gasteiger partial charge in [0.15, 0.2) is 0 Å². The lowest BCUT2D eigenvalue weighted by Crippen LogP contribution is -2.31. The van der Waals surface area contributed by atoms with E-state index in [4.69, 9.17) is 4.74 Å². The van der Waals surface area contributed by atoms with Crippen molar-refractivity contribution in [3.05, 3.63) is 47.9 Å². The van der Waals surface area contributed by atoms with Gasteiger partial charge in [-0.3, -0.25) is 4.79 Å². The van der Waals surface area contributed by atoms with Crippen molar-refractivity contribution in [3.63, 3.8) is 0 Å². The quantitative estimate of drug-likeness (QED) is 0.891. The first-order valence-electron chi connectivity index (χ1n) is 6.83. The number of anilines is 2. The first-order chi connectivity index (χ1) is 10.5. The van der Waals surface area contributed by atoms with E-state index in [9.17, 15) is 9.18 Å². The zero-order valence-electron chi connectivity index (χ0n) is 12.7. The molecule has 116 valence electrons. The van der Waals surface area contributed by atoms with Crippen LogP contribution >= 0.6 is 0 Å². The maximum atomic E-state index is 13.5. The van der Waals surface area contributed by atoms with Crippen LogP contribution in [0.3, 0.4) is 0 Å². The van der Waals surface area contributed by atoms with Gasteiger partial charge in [-0.05, 0) is 37.6 Å². The topological polar surface area (TPSA) is 63.2 Å². The van der Waals surface area contributed by atoms with Crippen molar-refractivity contribution in [2.24, 2.45) is 0 Å². The monoisotopic (exact) mass is 303 g/mol. The fraction of sp³-hybridized carbons (Fsp3) is 0.250. The molecule has 22 heavy (non-hydrogen) atoms. The summed E-state index contributed by atoms with van der Waals surface area (Å²) in [5.41, 5.74) is 1.65. The summed E-state index contributed by atoms with van der Waals surface area (Å²) in [5.74, 6) is -0.116. The first kappa shape index (κ1) is 15.8. The molecule has 1 aromatic carbocycles. The van der Waals surface area contributed by atoms with Gasteiger partial charge in [-0.2, -0.15) is 0 Å². The molecule has 0 radical (unpaired) electrons. The van der Waals surface area contributed by atoms with E-state index in [1.165, 1.54) is 13.2 Å². The van der Waals surface area contributed by atoms with Gasteiger partial charge in [-0.15, -0.1) is 0 Å². The Labute approximate surface area is 128 Å². The first-order valence-corrected chi connectivity index (χ1v) is 6.83. The lowest BCUT2D eigenvalue weighted by atomic mass is 10.2. The minimum Gasteiger partial charge on any atom is -0.481 e. The summed E-state index contributed by atoms with van der Waals surface area (Å²) in [6.45, 7) is 3.38. The molecule has 1 heterocycles. The molecule has 2 aromatic rings. The van der Waals surface area contributed by atoms with Gasteiger partial charge < -0.3 is 15.4 Å². The van der Waals surface area contributed by atoms with Gasteiger partial charge >= 0.3 is 0 Å². The highest BCUT2D eigenvalue weighted by Gasteiger charge is 2.13. The Balaban J connectivity index is 1.97. The van der Waals surface area contributed by atoms with E-state index in [2.05, 4.69) is 15.6 Å². The second-order valence-electron chi connectivity index (χ2n) is 4.91. The van der Waals surface area contributed by atoms with E-state index in [0.717, 1.165) is 0 Å². The molecule has 0 unspecified atom stereocenters. The highest BCUT2D eigenvalue weighted by Crippen LogP contribution is 2.15. The molecule has 1 atom stereocenters. The lowest BCUT2D eigenvalue weighted by molar-refractivity contribution is -0.116. The lowest BCUT2D eigenvalue weighted by Gasteiger charge is -2.15. The number of nitrogens with one attached hydrogen (secondary N) is 2. The number of ether oxygens (including phenoxy) is 1. The average molecular weight is 303 g/mol. The Kier molecular flexibility index (Phi) is 4.93. The van der Waals surface area contributed by atoms with Gasteiger partial charge in [0.05, 0.1) is 19.0 Å². The molecule has 0 bridgehead atoms. The van der Waals surface area contributed by atoms with Crippen LogP contribution in [0.25, 0.3) is 0 Å². The molecule has 1 amide bonds. The minimum absolute atomic E-state index is 0.265. The molecule has 2 rings (SSSR count). The number of carbonyl (C=O) groups is 1. The third-order valence-electron chi connectivity index (χ3n) is 3.16. The molecule has 0 fully saturated rings. The summed E-state index contributed by atoms with van der Waals surface area (Å²) < 4.78 is 18.4. The summed E-state index contributed by atoms with van der Waals surface area (Å²) in [6, 6.07) is 7.55. The fourth-order valence-corrected chi connectivity index (χ4v) is 1.82. The third-order valence-corrected chi connectivity index (χ3v) is 3.16. The molecular weight excluding hydrogens is 285 g/mol. The largest absolute Gasteiger partial charge is 0.481 e. The van der Waals surface area contributed by atoms with Gasteiger partial charge in [0.1, 0.15) is 11.9 Å². The number of methoxy groups -OCH3 is 1. The number of hydrogen-bond donors (Lipinski definition) is 2. The standard InChI is InChI=1S/C16H18FN3O2/c1-10-4-5-12(8-14(10)17)20-16(21)11(2)19-13-6-7-15(22-3)18-9-13/h4-9,11,19H,1-3H3,(H,20,21)/t11-/m1/s1. The summed E-state index contributed by atoms with van der Waals surface area (Å²) >= 11 is 0. The maximum absolute atomic E-state index is 13.5. The number of hydrogen-bond acceptors (Lipinski definition) is 4. The Morgan fingerprint density at radius 3 is 2.59 bits per heavy atom. The van der Waals surface area contributed by atoms with Crippen LogP contribution < -0.4 is 15.4 Å². The molecule has 1 aromatic heterocycles. The number of benzene rings is 1. The third kappa shape index (κ3) is 3.94. The average Bonchev–Trinajstić information content (AvgIpc) is 2.51. The summed E-state index contributed by atoms with van der Waals surface area (Å²) in [6.07, 6.45) is 1.58. The number of halogens is 1. The van der Waals surface area contributed by atoms with Crippen LogP contribution in [0.2, 0.25) is 0 Å². The Bertz CT molecular complexity index is 659. The van der Waals surface area contributed by atoms with E-state index < -0.39 is 6.04 Å². The molecule has 5 nitrogen and oxygen atoms in total. The zero-order valence-corrected chi connectivity index (χ0v) is 12.7. The van der Waals surface area contributed by atoms with Gasteiger partial charge in [0.2, 0.25) is 11.8 Å². The Hall–Kier alpha value is -2.63. The molecule has 0 aliphatic rings. The van der Waals surface area contributed by atoms with E-state index in [1.54, 1.807) is 44.3 Å². The maximum Gasteiger partial charge on any atom is 0.246 e. The highest BCUT2D eigenvalue weighted by atomic mass is 19.1. The van der Waals surface area contributed by atoms with Crippen LogP contribution in [0, 0.1) is 12.7 Å². The van der Waals surface area contributed by atoms with E-state index >= 15 is 0 Å². The molecular formula is C16H18FN3O2. The smallest absolute Gasteiger partial charge is 0.246 e. The second kappa shape index (κ2) is 6.89. The number of aryl methyl sites for hydroxylation is 1. The number of nitrogens with zero attached hydrogens (tertiary/aromatic N) is 1. The number of pyridine rings is 1. The van der Waals surface area contributed by atoms with Crippen molar-refractivity contribution in [1.29, 1.82) is 0 Å². The van der Waals surface area contributed by atoms with E-state index in [1.807, 2.05) is 0 Å². The SMILES string of the molecule is COc1ccc(N[C@H](C)C(=O)Nc2ccc(C)c(F)c2)cn1. The van der Waals surface area contributed by atoms with Crippen molar-refractivity contribution in [3.8, 4) is 5.88 Å². The summed E-state index contributed by atoms with van der Waals surface area (Å²) in [4.78, 5) is 16.1. The molecule has 0 aliphatic carbocycles. The van der Waals surface area contributed by atoms with Crippen LogP contribution in [0.15, 0.2) is 36.5 Å². The molecule has 0 aliphatic heterocycles. The van der Waals surface area contributed by atoms with Crippen LogP contribution in [0.5, 0.6) is 5.88 Å². The van der Waals surface area contributed by atoms with Gasteiger partial charge in [0.25, 0.3) is 0 Å². The molecule has 0 spiro atoms. The Morgan fingerprint density at radius 1 is 1.27 bits per heavy atom. The summed E-state index contributed by atoms with van der Waals surface area (Å²) in [5, 5.41) is 5.68.